The molecule has 6 heteroatoms. The molecule has 0 aliphatic heterocycles. The lowest BCUT2D eigenvalue weighted by Crippen LogP contribution is -1.89. The van der Waals surface area contributed by atoms with Gasteiger partial charge in [0.05, 0.1) is 21.8 Å². The van der Waals surface area contributed by atoms with Crippen molar-refractivity contribution in [2.75, 3.05) is 5.73 Å². The van der Waals surface area contributed by atoms with Crippen LogP contribution in [0, 0.1) is 5.82 Å². The van der Waals surface area contributed by atoms with Crippen LogP contribution in [0.1, 0.15) is 0 Å². The van der Waals surface area contributed by atoms with Crippen LogP contribution in [0.5, 0.6) is 5.75 Å². The lowest BCUT2D eigenvalue weighted by Gasteiger charge is -2.05. The number of rotatable bonds is 1. The molecule has 1 aromatic carbocycles. The predicted octanol–water partition coefficient (Wildman–Crippen LogP) is 2.53. The fraction of sp³-hybridized carbons (Fsp3) is 0. The molecule has 0 bridgehead atoms. The summed E-state index contributed by atoms with van der Waals surface area (Å²) in [6.07, 6.45) is 1.25. The molecule has 3 N–H and O–H groups in total. The van der Waals surface area contributed by atoms with Gasteiger partial charge < -0.3 is 15.4 Å². The van der Waals surface area contributed by atoms with E-state index >= 15 is 0 Å². The first-order valence-corrected chi connectivity index (χ1v) is 4.78. The van der Waals surface area contributed by atoms with Crippen molar-refractivity contribution in [1.29, 1.82) is 0 Å². The van der Waals surface area contributed by atoms with Crippen molar-refractivity contribution in [1.82, 2.24) is 5.16 Å². The number of hydrogen-bond acceptors (Lipinski definition) is 4. The zero-order valence-electron chi connectivity index (χ0n) is 7.37. The monoisotopic (exact) mass is 272 g/mol. The molecular weight excluding hydrogens is 267 g/mol. The van der Waals surface area contributed by atoms with Crippen LogP contribution in [0.15, 0.2) is 27.3 Å². The normalized spacial score (nSPS) is 10.5. The van der Waals surface area contributed by atoms with Gasteiger partial charge in [-0.3, -0.25) is 0 Å². The summed E-state index contributed by atoms with van der Waals surface area (Å²) in [4.78, 5) is 0. The second-order valence-electron chi connectivity index (χ2n) is 2.86. The number of nitrogens with two attached hydrogens (primary N) is 1. The third-order valence-corrected chi connectivity index (χ3v) is 2.59. The summed E-state index contributed by atoms with van der Waals surface area (Å²) in [5, 5.41) is 13.1. The van der Waals surface area contributed by atoms with E-state index in [2.05, 4.69) is 25.6 Å². The van der Waals surface area contributed by atoms with Crippen molar-refractivity contribution >= 4 is 21.8 Å². The fourth-order valence-electron chi connectivity index (χ4n) is 1.23. The van der Waals surface area contributed by atoms with Gasteiger partial charge >= 0.3 is 0 Å². The lowest BCUT2D eigenvalue weighted by atomic mass is 10.1. The van der Waals surface area contributed by atoms with Crippen LogP contribution in [0.3, 0.4) is 0 Å². The summed E-state index contributed by atoms with van der Waals surface area (Å²) >= 11 is 3.08. The Kier molecular flexibility index (Phi) is 2.36. The van der Waals surface area contributed by atoms with E-state index in [1.54, 1.807) is 0 Å². The molecule has 0 radical (unpaired) electrons. The molecule has 0 fully saturated rings. The van der Waals surface area contributed by atoms with Crippen LogP contribution in [-0.2, 0) is 0 Å². The first-order chi connectivity index (χ1) is 7.11. The lowest BCUT2D eigenvalue weighted by molar-refractivity contribution is 0.436. The average Bonchev–Trinajstić information content (AvgIpc) is 2.60. The summed E-state index contributed by atoms with van der Waals surface area (Å²) in [5.74, 6) is -0.863. The van der Waals surface area contributed by atoms with Gasteiger partial charge in [0, 0.05) is 0 Å². The Bertz CT molecular complexity index is 513. The fourth-order valence-corrected chi connectivity index (χ4v) is 1.56. The Hall–Kier alpha value is -1.56. The molecule has 0 atom stereocenters. The minimum atomic E-state index is -0.592. The molecule has 78 valence electrons. The van der Waals surface area contributed by atoms with Crippen molar-refractivity contribution in [3.63, 3.8) is 0 Å². The number of nitrogens with zero attached hydrogens (tertiary/aromatic N) is 1. The smallest absolute Gasteiger partial charge is 0.230 e. The maximum atomic E-state index is 13.5. The van der Waals surface area contributed by atoms with E-state index in [1.165, 1.54) is 18.3 Å². The van der Waals surface area contributed by atoms with Crippen LogP contribution in [0.4, 0.5) is 10.3 Å². The van der Waals surface area contributed by atoms with Crippen LogP contribution in [-0.4, -0.2) is 10.3 Å². The number of hydrogen-bond donors (Lipinski definition) is 2. The molecule has 1 aromatic heterocycles. The highest BCUT2D eigenvalue weighted by Gasteiger charge is 2.18. The van der Waals surface area contributed by atoms with Gasteiger partial charge in [0.25, 0.3) is 0 Å². The molecule has 2 aromatic rings. The second-order valence-corrected chi connectivity index (χ2v) is 3.71. The maximum absolute atomic E-state index is 13.5. The summed E-state index contributed by atoms with van der Waals surface area (Å²) < 4.78 is 18.4. The molecule has 0 aliphatic carbocycles. The number of aromatic hydroxyl groups is 1. The van der Waals surface area contributed by atoms with Crippen molar-refractivity contribution < 1.29 is 14.0 Å². The number of phenols is 1. The zero-order chi connectivity index (χ0) is 11.0. The minimum Gasteiger partial charge on any atom is -0.506 e. The van der Waals surface area contributed by atoms with E-state index in [1.807, 2.05) is 0 Å². The largest absolute Gasteiger partial charge is 0.506 e. The van der Waals surface area contributed by atoms with Crippen molar-refractivity contribution in [3.8, 4) is 16.9 Å². The molecule has 0 saturated carbocycles. The molecule has 2 rings (SSSR count). The second kappa shape index (κ2) is 3.54. The summed E-state index contributed by atoms with van der Waals surface area (Å²) in [6.45, 7) is 0. The average molecular weight is 273 g/mol. The van der Waals surface area contributed by atoms with Crippen LogP contribution in [0.2, 0.25) is 0 Å². The summed E-state index contributed by atoms with van der Waals surface area (Å²) in [7, 11) is 0. The van der Waals surface area contributed by atoms with Gasteiger partial charge in [-0.1, -0.05) is 5.16 Å². The SMILES string of the molecule is Nc1oncc1-c1c(F)ccc(Br)c1O. The summed E-state index contributed by atoms with van der Waals surface area (Å²) in [5.41, 5.74) is 5.64. The Morgan fingerprint density at radius 1 is 1.47 bits per heavy atom. The van der Waals surface area contributed by atoms with Gasteiger partial charge in [0.1, 0.15) is 11.6 Å². The highest BCUT2D eigenvalue weighted by Crippen LogP contribution is 2.39. The van der Waals surface area contributed by atoms with Gasteiger partial charge in [-0.2, -0.15) is 0 Å². The highest BCUT2D eigenvalue weighted by molar-refractivity contribution is 9.10. The first kappa shape index (κ1) is 9.97. The van der Waals surface area contributed by atoms with Crippen molar-refractivity contribution in [2.45, 2.75) is 0 Å². The van der Waals surface area contributed by atoms with E-state index < -0.39 is 5.82 Å². The molecule has 0 spiro atoms. The number of aromatic nitrogens is 1. The molecule has 1 heterocycles. The van der Waals surface area contributed by atoms with Gasteiger partial charge in [-0.05, 0) is 28.1 Å². The molecule has 0 unspecified atom stereocenters. The molecular formula is C9H6BrFN2O2. The maximum Gasteiger partial charge on any atom is 0.230 e. The Labute approximate surface area is 92.6 Å². The minimum absolute atomic E-state index is 0.0249. The van der Waals surface area contributed by atoms with Crippen molar-refractivity contribution in [2.24, 2.45) is 0 Å². The van der Waals surface area contributed by atoms with Crippen LogP contribution in [0.25, 0.3) is 11.1 Å². The Morgan fingerprint density at radius 3 is 2.80 bits per heavy atom. The number of phenolic OH excluding ortho intramolecular Hbond substituents is 1. The number of benzene rings is 1. The van der Waals surface area contributed by atoms with Gasteiger partial charge in [0.15, 0.2) is 0 Å². The Morgan fingerprint density at radius 2 is 2.20 bits per heavy atom. The van der Waals surface area contributed by atoms with Crippen LogP contribution < -0.4 is 5.73 Å². The van der Waals surface area contributed by atoms with E-state index in [0.29, 0.717) is 4.47 Å². The molecule has 0 amide bonds. The van der Waals surface area contributed by atoms with Crippen LogP contribution >= 0.6 is 15.9 Å². The van der Waals surface area contributed by atoms with E-state index in [-0.39, 0.29) is 22.8 Å². The third kappa shape index (κ3) is 1.56. The van der Waals surface area contributed by atoms with E-state index in [4.69, 9.17) is 5.73 Å². The third-order valence-electron chi connectivity index (χ3n) is 1.95. The van der Waals surface area contributed by atoms with Gasteiger partial charge in [-0.25, -0.2) is 4.39 Å². The molecule has 0 aliphatic rings. The van der Waals surface area contributed by atoms with Gasteiger partial charge in [-0.15, -0.1) is 0 Å². The highest BCUT2D eigenvalue weighted by atomic mass is 79.9. The number of halogens is 2. The molecule has 4 nitrogen and oxygen atoms in total. The van der Waals surface area contributed by atoms with E-state index in [0.717, 1.165) is 0 Å². The van der Waals surface area contributed by atoms with Crippen molar-refractivity contribution in [3.05, 3.63) is 28.6 Å². The molecule has 15 heavy (non-hydrogen) atoms. The number of nitrogen functional groups attached to an aromatic ring is 1. The topological polar surface area (TPSA) is 72.3 Å². The predicted molar refractivity (Wildman–Crippen MR) is 55.7 cm³/mol. The summed E-state index contributed by atoms with van der Waals surface area (Å²) in [6, 6.07) is 2.61. The zero-order valence-corrected chi connectivity index (χ0v) is 8.95. The van der Waals surface area contributed by atoms with Gasteiger partial charge in [0.2, 0.25) is 5.88 Å². The quantitative estimate of drug-likeness (QED) is 0.837. The Balaban J connectivity index is 2.72. The first-order valence-electron chi connectivity index (χ1n) is 3.98. The molecule has 0 saturated heterocycles. The standard InChI is InChI=1S/C9H6BrFN2O2/c10-5-1-2-6(11)7(8(5)14)4-3-13-15-9(4)12/h1-3,14H,12H2. The number of anilines is 1. The van der Waals surface area contributed by atoms with E-state index in [9.17, 15) is 9.50 Å².